The summed E-state index contributed by atoms with van der Waals surface area (Å²) in [6, 6.07) is 2.03. The summed E-state index contributed by atoms with van der Waals surface area (Å²) in [7, 11) is 0. The first kappa shape index (κ1) is 14.1. The van der Waals surface area contributed by atoms with Gasteiger partial charge in [-0.2, -0.15) is 0 Å². The third-order valence-electron chi connectivity index (χ3n) is 3.59. The second-order valence-corrected chi connectivity index (χ2v) is 6.06. The highest BCUT2D eigenvalue weighted by Crippen LogP contribution is 2.39. The largest absolute Gasteiger partial charge is 0.370 e. The summed E-state index contributed by atoms with van der Waals surface area (Å²) in [6.07, 6.45) is 4.63. The smallest absolute Gasteiger partial charge is 0.136 e. The Hall–Kier alpha value is -1.32. The van der Waals surface area contributed by atoms with Crippen molar-refractivity contribution in [2.45, 2.75) is 64.8 Å². The molecule has 1 heterocycles. The van der Waals surface area contributed by atoms with Crippen molar-refractivity contribution in [2.24, 2.45) is 0 Å². The van der Waals surface area contributed by atoms with Crippen LogP contribution in [-0.2, 0) is 0 Å². The summed E-state index contributed by atoms with van der Waals surface area (Å²) in [4.78, 5) is 9.30. The Balaban J connectivity index is 2.18. The van der Waals surface area contributed by atoms with Crippen LogP contribution in [0.1, 0.15) is 65.1 Å². The van der Waals surface area contributed by atoms with Gasteiger partial charge in [-0.3, -0.25) is 0 Å². The number of nitrogens with one attached hydrogen (secondary N) is 2. The van der Waals surface area contributed by atoms with E-state index in [-0.39, 0.29) is 5.54 Å². The number of nitrogens with zero attached hydrogens (tertiary/aromatic N) is 2. The van der Waals surface area contributed by atoms with Gasteiger partial charge in [0.2, 0.25) is 0 Å². The van der Waals surface area contributed by atoms with Gasteiger partial charge in [0.25, 0.3) is 0 Å². The van der Waals surface area contributed by atoms with E-state index in [4.69, 9.17) is 0 Å². The van der Waals surface area contributed by atoms with Crippen LogP contribution in [0.25, 0.3) is 0 Å². The van der Waals surface area contributed by atoms with Gasteiger partial charge in [-0.15, -0.1) is 0 Å². The van der Waals surface area contributed by atoms with Gasteiger partial charge in [-0.1, -0.05) is 13.8 Å². The normalized spacial score (nSPS) is 15.4. The minimum atomic E-state index is 0.0667. The van der Waals surface area contributed by atoms with Crippen LogP contribution in [0.15, 0.2) is 6.07 Å². The molecule has 0 radical (unpaired) electrons. The first-order chi connectivity index (χ1) is 9.04. The summed E-state index contributed by atoms with van der Waals surface area (Å²) < 4.78 is 0. The van der Waals surface area contributed by atoms with Crippen molar-refractivity contribution < 1.29 is 0 Å². The average Bonchev–Trinajstić information content (AvgIpc) is 3.20. The van der Waals surface area contributed by atoms with Gasteiger partial charge in [0, 0.05) is 24.1 Å². The molecule has 106 valence electrons. The van der Waals surface area contributed by atoms with Gasteiger partial charge in [-0.05, 0) is 39.5 Å². The van der Waals surface area contributed by atoms with Crippen LogP contribution >= 0.6 is 0 Å². The molecule has 0 saturated heterocycles. The van der Waals surface area contributed by atoms with E-state index in [0.717, 1.165) is 36.8 Å². The Morgan fingerprint density at radius 1 is 1.21 bits per heavy atom. The minimum Gasteiger partial charge on any atom is -0.370 e. The molecule has 19 heavy (non-hydrogen) atoms. The number of hydrogen-bond acceptors (Lipinski definition) is 4. The molecule has 1 fully saturated rings. The van der Waals surface area contributed by atoms with Gasteiger partial charge in [0.05, 0.1) is 0 Å². The van der Waals surface area contributed by atoms with E-state index in [1.54, 1.807) is 0 Å². The summed E-state index contributed by atoms with van der Waals surface area (Å²) in [5.41, 5.74) is 0.0667. The van der Waals surface area contributed by atoms with Crippen molar-refractivity contribution in [2.75, 3.05) is 17.2 Å². The molecule has 2 N–H and O–H groups in total. The number of anilines is 2. The van der Waals surface area contributed by atoms with Gasteiger partial charge < -0.3 is 10.6 Å². The van der Waals surface area contributed by atoms with E-state index >= 15 is 0 Å². The van der Waals surface area contributed by atoms with Gasteiger partial charge >= 0.3 is 0 Å². The lowest BCUT2D eigenvalue weighted by atomic mass is 10.0. The van der Waals surface area contributed by atoms with Crippen molar-refractivity contribution >= 4 is 11.6 Å². The molecule has 0 spiro atoms. The van der Waals surface area contributed by atoms with Crippen LogP contribution in [0, 0.1) is 0 Å². The molecule has 1 aliphatic carbocycles. The molecule has 0 aromatic carbocycles. The third-order valence-corrected chi connectivity index (χ3v) is 3.59. The fourth-order valence-electron chi connectivity index (χ4n) is 1.83. The number of aromatic nitrogens is 2. The van der Waals surface area contributed by atoms with Crippen molar-refractivity contribution in [3.05, 3.63) is 11.9 Å². The molecule has 4 heteroatoms. The lowest BCUT2D eigenvalue weighted by molar-refractivity contribution is 0.544. The summed E-state index contributed by atoms with van der Waals surface area (Å²) in [5, 5.41) is 6.89. The number of hydrogen-bond donors (Lipinski definition) is 2. The fraction of sp³-hybridized carbons (Fsp3) is 0.733. The molecule has 2 rings (SSSR count). The van der Waals surface area contributed by atoms with E-state index in [1.165, 1.54) is 12.8 Å². The molecule has 1 aromatic heterocycles. The molecule has 1 aromatic rings. The number of rotatable bonds is 7. The van der Waals surface area contributed by atoms with Crippen molar-refractivity contribution in [1.82, 2.24) is 9.97 Å². The zero-order valence-corrected chi connectivity index (χ0v) is 12.6. The Bertz CT molecular complexity index is 424. The maximum Gasteiger partial charge on any atom is 0.136 e. The zero-order chi connectivity index (χ0) is 13.9. The molecular weight excluding hydrogens is 236 g/mol. The van der Waals surface area contributed by atoms with Gasteiger partial charge in [-0.25, -0.2) is 9.97 Å². The average molecular weight is 262 g/mol. The highest BCUT2D eigenvalue weighted by molar-refractivity contribution is 5.49. The Labute approximate surface area is 116 Å². The molecule has 1 aliphatic rings. The van der Waals surface area contributed by atoms with Crippen LogP contribution in [-0.4, -0.2) is 22.1 Å². The molecule has 0 atom stereocenters. The SMILES string of the molecule is CCCNc1cc(NC(C)(C)CC)nc(C2CC2)n1. The summed E-state index contributed by atoms with van der Waals surface area (Å²) >= 11 is 0. The van der Waals surface area contributed by atoms with E-state index in [2.05, 4.69) is 48.3 Å². The predicted molar refractivity (Wildman–Crippen MR) is 80.8 cm³/mol. The standard InChI is InChI=1S/C15H26N4/c1-5-9-16-12-10-13(19-15(3,4)6-2)18-14(17-12)11-7-8-11/h10-11H,5-9H2,1-4H3,(H2,16,17,18,19). The monoisotopic (exact) mass is 262 g/mol. The lowest BCUT2D eigenvalue weighted by Gasteiger charge is -2.25. The van der Waals surface area contributed by atoms with Crippen molar-refractivity contribution in [3.63, 3.8) is 0 Å². The molecular formula is C15H26N4. The van der Waals surface area contributed by atoms with Crippen molar-refractivity contribution in [1.29, 1.82) is 0 Å². The second kappa shape index (κ2) is 5.76. The Morgan fingerprint density at radius 2 is 1.89 bits per heavy atom. The molecule has 4 nitrogen and oxygen atoms in total. The van der Waals surface area contributed by atoms with Crippen LogP contribution in [0.5, 0.6) is 0 Å². The van der Waals surface area contributed by atoms with Crippen LogP contribution in [0.3, 0.4) is 0 Å². The van der Waals surface area contributed by atoms with Gasteiger partial charge in [0.1, 0.15) is 17.5 Å². The first-order valence-electron chi connectivity index (χ1n) is 7.45. The van der Waals surface area contributed by atoms with Gasteiger partial charge in [0.15, 0.2) is 0 Å². The maximum atomic E-state index is 4.67. The Morgan fingerprint density at radius 3 is 2.47 bits per heavy atom. The highest BCUT2D eigenvalue weighted by Gasteiger charge is 2.28. The molecule has 0 bridgehead atoms. The second-order valence-electron chi connectivity index (χ2n) is 6.06. The first-order valence-corrected chi connectivity index (χ1v) is 7.45. The highest BCUT2D eigenvalue weighted by atomic mass is 15.1. The van der Waals surface area contributed by atoms with E-state index < -0.39 is 0 Å². The molecule has 0 aliphatic heterocycles. The van der Waals surface area contributed by atoms with E-state index in [9.17, 15) is 0 Å². The quantitative estimate of drug-likeness (QED) is 0.785. The van der Waals surface area contributed by atoms with Crippen molar-refractivity contribution in [3.8, 4) is 0 Å². The lowest BCUT2D eigenvalue weighted by Crippen LogP contribution is -2.30. The van der Waals surface area contributed by atoms with E-state index in [1.807, 2.05) is 6.07 Å². The Kier molecular flexibility index (Phi) is 4.27. The van der Waals surface area contributed by atoms with Crippen LogP contribution < -0.4 is 10.6 Å². The minimum absolute atomic E-state index is 0.0667. The zero-order valence-electron chi connectivity index (χ0n) is 12.6. The van der Waals surface area contributed by atoms with Crippen LogP contribution in [0.4, 0.5) is 11.6 Å². The summed E-state index contributed by atoms with van der Waals surface area (Å²) in [6.45, 7) is 9.70. The maximum absolute atomic E-state index is 4.67. The molecule has 1 saturated carbocycles. The topological polar surface area (TPSA) is 49.8 Å². The molecule has 0 unspecified atom stereocenters. The van der Waals surface area contributed by atoms with E-state index in [0.29, 0.717) is 5.92 Å². The predicted octanol–water partition coefficient (Wildman–Crippen LogP) is 3.78. The fourth-order valence-corrected chi connectivity index (χ4v) is 1.83. The third kappa shape index (κ3) is 4.08. The molecule has 0 amide bonds. The summed E-state index contributed by atoms with van der Waals surface area (Å²) in [5.74, 6) is 3.47. The van der Waals surface area contributed by atoms with Crippen LogP contribution in [0.2, 0.25) is 0 Å².